The molecule has 0 unspecified atom stereocenters. The number of hydrogen-bond donors (Lipinski definition) is 1. The summed E-state index contributed by atoms with van der Waals surface area (Å²) in [5, 5.41) is 2.99. The molecule has 1 rings (SSSR count). The smallest absolute Gasteiger partial charge is 0.220 e. The largest absolute Gasteiger partial charge is 0.355 e. The Kier molecular flexibility index (Phi) is 5.10. The Hall–Kier alpha value is 0.110. The van der Waals surface area contributed by atoms with Crippen molar-refractivity contribution in [1.82, 2.24) is 5.32 Å². The van der Waals surface area contributed by atoms with Gasteiger partial charge in [-0.1, -0.05) is 6.42 Å². The van der Waals surface area contributed by atoms with E-state index in [1.165, 1.54) is 19.3 Å². The van der Waals surface area contributed by atoms with E-state index in [4.69, 9.17) is 11.6 Å². The lowest BCUT2D eigenvalue weighted by molar-refractivity contribution is -0.121. The molecule has 82 valence electrons. The Labute approximate surface area is 95.2 Å². The zero-order valence-corrected chi connectivity index (χ0v) is 10.2. The minimum Gasteiger partial charge on any atom is -0.355 e. The number of halogens is 1. The van der Waals surface area contributed by atoms with Gasteiger partial charge in [0.2, 0.25) is 5.91 Å². The molecule has 0 radical (unpaired) electrons. The third-order valence-corrected chi connectivity index (χ3v) is 4.53. The van der Waals surface area contributed by atoms with Gasteiger partial charge in [0, 0.05) is 23.6 Å². The van der Waals surface area contributed by atoms with Crippen LogP contribution in [0.1, 0.15) is 32.1 Å². The standard InChI is InChI=1S/C10H18ClNOS/c1-14-10(5-3-6-10)8-12-9(13)4-2-7-11/h2-8H2,1H3,(H,12,13). The topological polar surface area (TPSA) is 29.1 Å². The van der Waals surface area contributed by atoms with Crippen molar-refractivity contribution in [1.29, 1.82) is 0 Å². The summed E-state index contributed by atoms with van der Waals surface area (Å²) in [6, 6.07) is 0. The number of nitrogens with one attached hydrogen (secondary N) is 1. The molecule has 0 atom stereocenters. The van der Waals surface area contributed by atoms with E-state index in [9.17, 15) is 4.79 Å². The first kappa shape index (κ1) is 12.2. The molecule has 4 heteroatoms. The normalized spacial score (nSPS) is 18.7. The van der Waals surface area contributed by atoms with Crippen molar-refractivity contribution in [3.8, 4) is 0 Å². The first-order chi connectivity index (χ1) is 6.72. The molecule has 1 saturated carbocycles. The Morgan fingerprint density at radius 1 is 1.57 bits per heavy atom. The Morgan fingerprint density at radius 3 is 2.71 bits per heavy atom. The maximum absolute atomic E-state index is 11.3. The summed E-state index contributed by atoms with van der Waals surface area (Å²) in [5.74, 6) is 0.715. The molecular weight excluding hydrogens is 218 g/mol. The van der Waals surface area contributed by atoms with Gasteiger partial charge in [0.15, 0.2) is 0 Å². The quantitative estimate of drug-likeness (QED) is 0.717. The average Bonchev–Trinajstić information content (AvgIpc) is 2.14. The van der Waals surface area contributed by atoms with Gasteiger partial charge in [-0.15, -0.1) is 11.6 Å². The molecule has 2 nitrogen and oxygen atoms in total. The lowest BCUT2D eigenvalue weighted by atomic mass is 9.84. The Morgan fingerprint density at radius 2 is 2.29 bits per heavy atom. The molecule has 0 aromatic rings. The van der Waals surface area contributed by atoms with E-state index in [-0.39, 0.29) is 5.91 Å². The summed E-state index contributed by atoms with van der Waals surface area (Å²) in [6.07, 6.45) is 7.25. The number of amides is 1. The fourth-order valence-electron chi connectivity index (χ4n) is 1.60. The summed E-state index contributed by atoms with van der Waals surface area (Å²) in [6.45, 7) is 0.829. The van der Waals surface area contributed by atoms with Crippen molar-refractivity contribution in [3.05, 3.63) is 0 Å². The van der Waals surface area contributed by atoms with Gasteiger partial charge < -0.3 is 5.32 Å². The molecule has 0 saturated heterocycles. The molecular formula is C10H18ClNOS. The summed E-state index contributed by atoms with van der Waals surface area (Å²) in [5.41, 5.74) is 0. The van der Waals surface area contributed by atoms with Crippen LogP contribution < -0.4 is 5.32 Å². The maximum atomic E-state index is 11.3. The number of hydrogen-bond acceptors (Lipinski definition) is 2. The molecule has 0 heterocycles. The molecule has 1 N–H and O–H groups in total. The van der Waals surface area contributed by atoms with Gasteiger partial charge in [-0.05, 0) is 25.5 Å². The number of carbonyl (C=O) groups is 1. The molecule has 0 aromatic heterocycles. The highest BCUT2D eigenvalue weighted by Crippen LogP contribution is 2.42. The molecule has 14 heavy (non-hydrogen) atoms. The number of thioether (sulfide) groups is 1. The summed E-state index contributed by atoms with van der Waals surface area (Å²) >= 11 is 7.40. The molecule has 1 fully saturated rings. The van der Waals surface area contributed by atoms with Crippen molar-refractivity contribution < 1.29 is 4.79 Å². The summed E-state index contributed by atoms with van der Waals surface area (Å²) in [7, 11) is 0. The van der Waals surface area contributed by atoms with Gasteiger partial charge in [-0.25, -0.2) is 0 Å². The van der Waals surface area contributed by atoms with Crippen LogP contribution >= 0.6 is 23.4 Å². The van der Waals surface area contributed by atoms with E-state index in [2.05, 4.69) is 11.6 Å². The van der Waals surface area contributed by atoms with Gasteiger partial charge in [0.1, 0.15) is 0 Å². The number of rotatable bonds is 6. The fourth-order valence-corrected chi connectivity index (χ4v) is 2.65. The fraction of sp³-hybridized carbons (Fsp3) is 0.900. The predicted molar refractivity (Wildman–Crippen MR) is 63.1 cm³/mol. The van der Waals surface area contributed by atoms with Crippen LogP contribution in [0.3, 0.4) is 0 Å². The Bertz CT molecular complexity index is 189. The van der Waals surface area contributed by atoms with Crippen LogP contribution in [-0.4, -0.2) is 29.3 Å². The van der Waals surface area contributed by atoms with Crippen LogP contribution in [0, 0.1) is 0 Å². The zero-order valence-electron chi connectivity index (χ0n) is 8.64. The van der Waals surface area contributed by atoms with Gasteiger partial charge in [-0.3, -0.25) is 4.79 Å². The molecule has 0 spiro atoms. The molecule has 1 amide bonds. The maximum Gasteiger partial charge on any atom is 0.220 e. The second-order valence-corrected chi connectivity index (χ2v) is 5.46. The van der Waals surface area contributed by atoms with E-state index < -0.39 is 0 Å². The van der Waals surface area contributed by atoms with Crippen LogP contribution in [0.25, 0.3) is 0 Å². The van der Waals surface area contributed by atoms with E-state index in [0.29, 0.717) is 17.0 Å². The predicted octanol–water partition coefficient (Wildman–Crippen LogP) is 2.41. The minimum absolute atomic E-state index is 0.144. The van der Waals surface area contributed by atoms with Crippen molar-refractivity contribution in [2.45, 2.75) is 36.9 Å². The van der Waals surface area contributed by atoms with E-state index in [1.807, 2.05) is 11.8 Å². The summed E-state index contributed by atoms with van der Waals surface area (Å²) in [4.78, 5) is 11.3. The highest BCUT2D eigenvalue weighted by Gasteiger charge is 2.36. The number of alkyl halides is 1. The first-order valence-corrected chi connectivity index (χ1v) is 6.86. The second kappa shape index (κ2) is 5.86. The van der Waals surface area contributed by atoms with Crippen LogP contribution in [0.4, 0.5) is 0 Å². The van der Waals surface area contributed by atoms with Crippen molar-refractivity contribution in [2.24, 2.45) is 0 Å². The molecule has 1 aliphatic rings. The van der Waals surface area contributed by atoms with Crippen molar-refractivity contribution in [3.63, 3.8) is 0 Å². The second-order valence-electron chi connectivity index (χ2n) is 3.81. The van der Waals surface area contributed by atoms with Gasteiger partial charge in [0.05, 0.1) is 0 Å². The molecule has 0 bridgehead atoms. The SMILES string of the molecule is CSC1(CNC(=O)CCCCl)CCC1. The third kappa shape index (κ3) is 3.35. The molecule has 1 aliphatic carbocycles. The van der Waals surface area contributed by atoms with E-state index in [1.54, 1.807) is 0 Å². The van der Waals surface area contributed by atoms with Crippen LogP contribution in [0.5, 0.6) is 0 Å². The third-order valence-electron chi connectivity index (χ3n) is 2.84. The zero-order chi connectivity index (χ0) is 10.4. The number of carbonyl (C=O) groups excluding carboxylic acids is 1. The van der Waals surface area contributed by atoms with Crippen LogP contribution in [0.2, 0.25) is 0 Å². The van der Waals surface area contributed by atoms with Crippen molar-refractivity contribution >= 4 is 29.3 Å². The average molecular weight is 236 g/mol. The first-order valence-electron chi connectivity index (χ1n) is 5.10. The lowest BCUT2D eigenvalue weighted by Crippen LogP contribution is -2.45. The Balaban J connectivity index is 2.15. The highest BCUT2D eigenvalue weighted by atomic mass is 35.5. The van der Waals surface area contributed by atoms with Gasteiger partial charge in [0.25, 0.3) is 0 Å². The van der Waals surface area contributed by atoms with Gasteiger partial charge in [-0.2, -0.15) is 11.8 Å². The highest BCUT2D eigenvalue weighted by molar-refractivity contribution is 8.00. The van der Waals surface area contributed by atoms with E-state index >= 15 is 0 Å². The molecule has 0 aliphatic heterocycles. The monoisotopic (exact) mass is 235 g/mol. The van der Waals surface area contributed by atoms with E-state index in [0.717, 1.165) is 13.0 Å². The van der Waals surface area contributed by atoms with Crippen molar-refractivity contribution in [2.75, 3.05) is 18.7 Å². The summed E-state index contributed by atoms with van der Waals surface area (Å²) < 4.78 is 0.344. The lowest BCUT2D eigenvalue weighted by Gasteiger charge is -2.40. The van der Waals surface area contributed by atoms with Crippen LogP contribution in [0.15, 0.2) is 0 Å². The van der Waals surface area contributed by atoms with Gasteiger partial charge >= 0.3 is 0 Å². The minimum atomic E-state index is 0.144. The van der Waals surface area contributed by atoms with Crippen LogP contribution in [-0.2, 0) is 4.79 Å². The molecule has 0 aromatic carbocycles.